The van der Waals surface area contributed by atoms with Crippen molar-refractivity contribution in [3.63, 3.8) is 0 Å². The van der Waals surface area contributed by atoms with Crippen molar-refractivity contribution < 1.29 is 9.72 Å². The van der Waals surface area contributed by atoms with E-state index in [0.717, 1.165) is 0 Å². The van der Waals surface area contributed by atoms with Crippen molar-refractivity contribution in [3.8, 4) is 0 Å². The van der Waals surface area contributed by atoms with Crippen LogP contribution in [0.1, 0.15) is 27.2 Å². The average Bonchev–Trinajstić information content (AvgIpc) is 2.87. The molecular weight excluding hydrogens is 326 g/mol. The van der Waals surface area contributed by atoms with Gasteiger partial charge in [0.2, 0.25) is 5.91 Å². The fraction of sp³-hybridized carbons (Fsp3) is 0.438. The molecule has 1 aromatic heterocycles. The van der Waals surface area contributed by atoms with E-state index in [-0.39, 0.29) is 40.7 Å². The largest absolute Gasteiger partial charge is 0.374 e. The first-order chi connectivity index (χ1) is 11.7. The molecule has 0 saturated carbocycles. The first-order valence-electron chi connectivity index (χ1n) is 7.89. The second kappa shape index (κ2) is 5.83. The lowest BCUT2D eigenvalue weighted by atomic mass is 10.1. The summed E-state index contributed by atoms with van der Waals surface area (Å²) in [6.07, 6.45) is 1.51. The van der Waals surface area contributed by atoms with Gasteiger partial charge in [0, 0.05) is 24.6 Å². The van der Waals surface area contributed by atoms with E-state index in [1.54, 1.807) is 4.90 Å². The summed E-state index contributed by atoms with van der Waals surface area (Å²) in [5, 5.41) is 14.6. The van der Waals surface area contributed by atoms with Gasteiger partial charge in [0.05, 0.1) is 28.2 Å². The number of carbonyl (C=O) groups excluding carboxylic acids is 1. The van der Waals surface area contributed by atoms with Crippen molar-refractivity contribution in [3.05, 3.63) is 38.9 Å². The van der Waals surface area contributed by atoms with Crippen molar-refractivity contribution in [2.24, 2.45) is 0 Å². The minimum atomic E-state index is -0.549. The van der Waals surface area contributed by atoms with Gasteiger partial charge in [0.15, 0.2) is 0 Å². The molecule has 1 aliphatic heterocycles. The summed E-state index contributed by atoms with van der Waals surface area (Å²) < 4.78 is 0. The fourth-order valence-corrected chi connectivity index (χ4v) is 3.04. The van der Waals surface area contributed by atoms with Crippen LogP contribution in [-0.4, -0.2) is 43.8 Å². The van der Waals surface area contributed by atoms with Crippen LogP contribution in [0.15, 0.2) is 23.3 Å². The summed E-state index contributed by atoms with van der Waals surface area (Å²) in [6.45, 7) is 6.30. The number of fused-ring (bicyclic) bond motifs is 1. The Labute approximate surface area is 143 Å². The molecule has 3 rings (SSSR count). The van der Waals surface area contributed by atoms with Crippen LogP contribution in [0.2, 0.25) is 0 Å². The topological polar surface area (TPSA) is 121 Å². The number of hydrogen-bond donors (Lipinski definition) is 2. The molecule has 1 unspecified atom stereocenters. The minimum Gasteiger partial charge on any atom is -0.374 e. The number of nitrogens with one attached hydrogen (secondary N) is 2. The van der Waals surface area contributed by atoms with Crippen molar-refractivity contribution in [2.45, 2.75) is 38.8 Å². The third-order valence-electron chi connectivity index (χ3n) is 4.25. The molecule has 1 fully saturated rings. The second-order valence-corrected chi connectivity index (χ2v) is 7.10. The number of nitro benzene ring substituents is 1. The molecular formula is C16H19N5O4. The monoisotopic (exact) mass is 345 g/mol. The molecule has 9 heteroatoms. The number of likely N-dealkylation sites (tertiary alicyclic amines) is 1. The van der Waals surface area contributed by atoms with Gasteiger partial charge >= 0.3 is 0 Å². The smallest absolute Gasteiger partial charge is 0.293 e. The first kappa shape index (κ1) is 16.9. The molecule has 2 heterocycles. The highest BCUT2D eigenvalue weighted by molar-refractivity contribution is 5.87. The van der Waals surface area contributed by atoms with E-state index in [1.165, 1.54) is 18.5 Å². The molecule has 1 saturated heterocycles. The summed E-state index contributed by atoms with van der Waals surface area (Å²) in [7, 11) is 0. The number of benzene rings is 1. The number of aromatic amines is 1. The lowest BCUT2D eigenvalue weighted by molar-refractivity contribution is -0.383. The number of amides is 1. The number of nitrogens with zero attached hydrogens (tertiary/aromatic N) is 3. The van der Waals surface area contributed by atoms with E-state index >= 15 is 0 Å². The third-order valence-corrected chi connectivity index (χ3v) is 4.25. The van der Waals surface area contributed by atoms with Gasteiger partial charge in [-0.05, 0) is 26.8 Å². The lowest BCUT2D eigenvalue weighted by Crippen LogP contribution is -2.43. The maximum Gasteiger partial charge on any atom is 0.293 e. The number of carbonyl (C=O) groups is 1. The average molecular weight is 345 g/mol. The highest BCUT2D eigenvalue weighted by Crippen LogP contribution is 2.31. The van der Waals surface area contributed by atoms with E-state index in [2.05, 4.69) is 15.3 Å². The van der Waals surface area contributed by atoms with E-state index in [4.69, 9.17) is 0 Å². The number of H-pyrrole nitrogens is 1. The number of aromatic nitrogens is 2. The summed E-state index contributed by atoms with van der Waals surface area (Å²) in [6, 6.07) is 2.44. The summed E-state index contributed by atoms with van der Waals surface area (Å²) in [5.41, 5.74) is -0.349. The minimum absolute atomic E-state index is 0.00279. The first-order valence-corrected chi connectivity index (χ1v) is 7.89. The zero-order valence-corrected chi connectivity index (χ0v) is 14.2. The maximum atomic E-state index is 12.2. The lowest BCUT2D eigenvalue weighted by Gasteiger charge is -2.32. The zero-order valence-electron chi connectivity index (χ0n) is 14.2. The van der Waals surface area contributed by atoms with Crippen LogP contribution in [0.3, 0.4) is 0 Å². The van der Waals surface area contributed by atoms with Gasteiger partial charge in [-0.25, -0.2) is 4.98 Å². The number of rotatable bonds is 3. The Hall–Kier alpha value is -2.97. The van der Waals surface area contributed by atoms with Gasteiger partial charge in [0.25, 0.3) is 11.2 Å². The second-order valence-electron chi connectivity index (χ2n) is 7.10. The molecule has 0 bridgehead atoms. The van der Waals surface area contributed by atoms with Gasteiger partial charge in [-0.3, -0.25) is 19.7 Å². The van der Waals surface area contributed by atoms with Gasteiger partial charge in [0.1, 0.15) is 5.69 Å². The number of anilines is 1. The SMILES string of the molecule is CC(C)(C)N1CC(Nc2cc3nc[nH]c(=O)c3cc2[N+](=O)[O-])CC1=O. The predicted octanol–water partition coefficient (Wildman–Crippen LogP) is 1.64. The van der Waals surface area contributed by atoms with Crippen LogP contribution in [0.25, 0.3) is 10.9 Å². The molecule has 132 valence electrons. The standard InChI is InChI=1S/C16H19N5O4/c1-16(2,3)20-7-9(4-14(20)22)19-12-6-11-10(5-13(12)21(24)25)15(23)18-8-17-11/h5-6,8-9,19H,4,7H2,1-3H3,(H,17,18,23). The number of nitro groups is 1. The van der Waals surface area contributed by atoms with Gasteiger partial charge < -0.3 is 15.2 Å². The van der Waals surface area contributed by atoms with E-state index in [0.29, 0.717) is 12.1 Å². The molecule has 0 aliphatic carbocycles. The summed E-state index contributed by atoms with van der Waals surface area (Å²) >= 11 is 0. The molecule has 0 spiro atoms. The Kier molecular flexibility index (Phi) is 3.94. The van der Waals surface area contributed by atoms with Crippen molar-refractivity contribution in [1.82, 2.24) is 14.9 Å². The van der Waals surface area contributed by atoms with Crippen LogP contribution < -0.4 is 10.9 Å². The van der Waals surface area contributed by atoms with E-state index in [9.17, 15) is 19.7 Å². The maximum absolute atomic E-state index is 12.2. The molecule has 9 nitrogen and oxygen atoms in total. The molecule has 2 aromatic rings. The Morgan fingerprint density at radius 2 is 2.08 bits per heavy atom. The van der Waals surface area contributed by atoms with Crippen LogP contribution in [0.4, 0.5) is 11.4 Å². The Balaban J connectivity index is 1.96. The zero-order chi connectivity index (χ0) is 18.4. The van der Waals surface area contributed by atoms with Crippen LogP contribution in [-0.2, 0) is 4.79 Å². The molecule has 1 aliphatic rings. The van der Waals surface area contributed by atoms with Crippen LogP contribution >= 0.6 is 0 Å². The van der Waals surface area contributed by atoms with Gasteiger partial charge in [-0.15, -0.1) is 0 Å². The van der Waals surface area contributed by atoms with Crippen LogP contribution in [0, 0.1) is 10.1 Å². The van der Waals surface area contributed by atoms with Gasteiger partial charge in [-0.2, -0.15) is 0 Å². The van der Waals surface area contributed by atoms with Crippen molar-refractivity contribution in [2.75, 3.05) is 11.9 Å². The molecule has 0 radical (unpaired) electrons. The van der Waals surface area contributed by atoms with Crippen molar-refractivity contribution in [1.29, 1.82) is 0 Å². The molecule has 1 atom stereocenters. The molecule has 2 N–H and O–H groups in total. The summed E-state index contributed by atoms with van der Waals surface area (Å²) in [4.78, 5) is 43.1. The highest BCUT2D eigenvalue weighted by atomic mass is 16.6. The summed E-state index contributed by atoms with van der Waals surface area (Å²) in [5.74, 6) is 0.00279. The number of hydrogen-bond acceptors (Lipinski definition) is 6. The third kappa shape index (κ3) is 3.17. The Bertz CT molecular complexity index is 915. The normalized spacial score (nSPS) is 18.0. The molecule has 25 heavy (non-hydrogen) atoms. The fourth-order valence-electron chi connectivity index (χ4n) is 3.04. The highest BCUT2D eigenvalue weighted by Gasteiger charge is 2.36. The van der Waals surface area contributed by atoms with Crippen molar-refractivity contribution >= 4 is 28.2 Å². The van der Waals surface area contributed by atoms with Gasteiger partial charge in [-0.1, -0.05) is 0 Å². The van der Waals surface area contributed by atoms with Crippen LogP contribution in [0.5, 0.6) is 0 Å². The predicted molar refractivity (Wildman–Crippen MR) is 92.5 cm³/mol. The molecule has 1 amide bonds. The Morgan fingerprint density at radius 1 is 1.36 bits per heavy atom. The molecule has 1 aromatic carbocycles. The van der Waals surface area contributed by atoms with E-state index < -0.39 is 10.5 Å². The Morgan fingerprint density at radius 3 is 2.68 bits per heavy atom. The van der Waals surface area contributed by atoms with E-state index in [1.807, 2.05) is 20.8 Å². The quantitative estimate of drug-likeness (QED) is 0.644.